The van der Waals surface area contributed by atoms with Crippen molar-refractivity contribution in [2.75, 3.05) is 0 Å². The van der Waals surface area contributed by atoms with Gasteiger partial charge < -0.3 is 33.4 Å². The van der Waals surface area contributed by atoms with Crippen molar-refractivity contribution >= 4 is 12.6 Å². The molecule has 0 aliphatic heterocycles. The Morgan fingerprint density at radius 2 is 1.75 bits per heavy atom. The Bertz CT molecular complexity index is 303. The minimum atomic E-state index is -0.931. The van der Waals surface area contributed by atoms with Crippen LogP contribution < -0.4 is 0 Å². The summed E-state index contributed by atoms with van der Waals surface area (Å²) < 4.78 is 0. The second-order valence-electron chi connectivity index (χ2n) is 2.37. The van der Waals surface area contributed by atoms with Gasteiger partial charge in [0.2, 0.25) is 0 Å². The van der Waals surface area contributed by atoms with Crippen LogP contribution in [-0.4, -0.2) is 12.6 Å². The van der Waals surface area contributed by atoms with E-state index in [-0.39, 0.29) is 116 Å². The fraction of sp³-hybridized carbons (Fsp3) is 0.200. The first-order valence-corrected chi connectivity index (χ1v) is 3.43. The van der Waals surface area contributed by atoms with Crippen molar-refractivity contribution < 1.29 is 126 Å². The van der Waals surface area contributed by atoms with Crippen LogP contribution in [0.5, 0.6) is 0 Å². The molecular formula is C10H6O2U2WY-4. The van der Waals surface area contributed by atoms with Crippen LogP contribution in [0.3, 0.4) is 0 Å². The molecule has 0 amide bonds. The fourth-order valence-corrected chi connectivity index (χ4v) is 0.931. The van der Waals surface area contributed by atoms with Crippen LogP contribution in [-0.2, 0) is 63.4 Å². The van der Waals surface area contributed by atoms with E-state index < -0.39 is 5.92 Å². The molecule has 0 heterocycles. The summed E-state index contributed by atoms with van der Waals surface area (Å²) in [6.45, 7) is 1.78. The molecule has 16 heavy (non-hydrogen) atoms. The molecule has 0 spiro atoms. The summed E-state index contributed by atoms with van der Waals surface area (Å²) in [5.74, 6) is -0.931. The van der Waals surface area contributed by atoms with E-state index in [1.165, 1.54) is 6.07 Å². The summed E-state index contributed by atoms with van der Waals surface area (Å²) >= 11 is 0. The summed E-state index contributed by atoms with van der Waals surface area (Å²) in [6.07, 6.45) is 3.18. The molecule has 0 saturated heterocycles. The van der Waals surface area contributed by atoms with Gasteiger partial charge in [-0.15, -0.1) is 6.92 Å². The van der Waals surface area contributed by atoms with E-state index in [0.717, 1.165) is 5.56 Å². The molecule has 0 bridgehead atoms. The maximum atomic E-state index is 10.3. The van der Waals surface area contributed by atoms with Gasteiger partial charge >= 0.3 is 0 Å². The van der Waals surface area contributed by atoms with Gasteiger partial charge in [-0.3, -0.25) is 30.1 Å². The van der Waals surface area contributed by atoms with Gasteiger partial charge in [-0.05, 0) is 0 Å². The smallest absolute Gasteiger partial charge is 0 e. The molecule has 1 aromatic carbocycles. The molecule has 0 aliphatic carbocycles. The van der Waals surface area contributed by atoms with Crippen molar-refractivity contribution in [3.8, 4) is 0 Å². The normalized spacial score (nSPS) is 7.38. The van der Waals surface area contributed by atoms with Crippen LogP contribution in [0.4, 0.5) is 0 Å². The maximum absolute atomic E-state index is 10.3. The van der Waals surface area contributed by atoms with E-state index in [1.54, 1.807) is 25.6 Å². The van der Waals surface area contributed by atoms with Crippen molar-refractivity contribution in [3.05, 3.63) is 35.4 Å². The average molecular weight is 907 g/mol. The second-order valence-corrected chi connectivity index (χ2v) is 2.37. The molecule has 0 fully saturated rings. The number of rotatable bonds is 3. The largest absolute Gasteiger partial charge is 0.544 e. The Morgan fingerprint density at radius 3 is 2.12 bits per heavy atom. The minimum absolute atomic E-state index is 0. The quantitative estimate of drug-likeness (QED) is 0.335. The molecule has 6 heteroatoms. The molecule has 0 atom stereocenters. The summed E-state index contributed by atoms with van der Waals surface area (Å²) in [7, 11) is 0. The molecule has 2 nitrogen and oxygen atoms in total. The Labute approximate surface area is 183 Å². The average Bonchev–Trinajstić information content (AvgIpc) is 2.10. The Hall–Kier alpha value is 2.46. The molecular weight excluding hydrogens is 901 g/mol. The van der Waals surface area contributed by atoms with Crippen molar-refractivity contribution in [2.45, 2.75) is 12.8 Å². The molecule has 79 valence electrons. The predicted molar refractivity (Wildman–Crippen MR) is 43.0 cm³/mol. The number of hydrogen-bond acceptors (Lipinski definition) is 2. The van der Waals surface area contributed by atoms with Crippen LogP contribution in [0, 0.1) is 81.3 Å². The monoisotopic (exact) mass is 907 g/mol. The van der Waals surface area contributed by atoms with Gasteiger partial charge in [-0.2, -0.15) is 0 Å². The fourth-order valence-electron chi connectivity index (χ4n) is 0.931. The number of aryl methyl sites for hydroxylation is 1. The van der Waals surface area contributed by atoms with Gasteiger partial charge in [-0.25, -0.2) is 0 Å². The third-order valence-corrected chi connectivity index (χ3v) is 1.56. The Morgan fingerprint density at radius 1 is 1.25 bits per heavy atom. The van der Waals surface area contributed by atoms with Crippen LogP contribution >= 0.6 is 0 Å². The van der Waals surface area contributed by atoms with Gasteiger partial charge in [0.05, 0.1) is 0 Å². The molecule has 0 aliphatic rings. The summed E-state index contributed by atoms with van der Waals surface area (Å²) in [5.41, 5.74) is 1.33. The first-order valence-electron chi connectivity index (χ1n) is 3.43. The van der Waals surface area contributed by atoms with E-state index in [9.17, 15) is 9.59 Å². The summed E-state index contributed by atoms with van der Waals surface area (Å²) in [5, 5.41) is 0. The van der Waals surface area contributed by atoms with E-state index in [0.29, 0.717) is 5.56 Å². The standard InChI is InChI=1S/C10H6O2.2U.W.Y/c1-8-4-2-3-5-10(8)9(6-11)7-12;;;;/h3-4,9H,1H3;;;;/q-4;;;;. The first kappa shape index (κ1) is 26.9. The number of hydrogen-bond donors (Lipinski definition) is 0. The molecule has 0 N–H and O–H groups in total. The minimum Gasteiger partial charge on any atom is -0.544 e. The molecule has 1 rings (SSSR count). The van der Waals surface area contributed by atoms with Crippen LogP contribution in [0.2, 0.25) is 0 Å². The van der Waals surface area contributed by atoms with Gasteiger partial charge in [0.1, 0.15) is 0 Å². The Kier molecular flexibility index (Phi) is 26.1. The molecule has 1 aromatic rings. The molecule has 0 saturated carbocycles. The maximum Gasteiger partial charge on any atom is 0 e. The van der Waals surface area contributed by atoms with Crippen molar-refractivity contribution in [3.63, 3.8) is 0 Å². The van der Waals surface area contributed by atoms with Gasteiger partial charge in [0.15, 0.2) is 0 Å². The van der Waals surface area contributed by atoms with E-state index in [4.69, 9.17) is 0 Å². The zero-order valence-electron chi connectivity index (χ0n) is 8.53. The van der Waals surface area contributed by atoms with Crippen molar-refractivity contribution in [1.29, 1.82) is 0 Å². The van der Waals surface area contributed by atoms with Crippen molar-refractivity contribution in [1.82, 2.24) is 0 Å². The third kappa shape index (κ3) is 8.54. The first-order chi connectivity index (χ1) is 5.79. The zero-order chi connectivity index (χ0) is 8.97. The van der Waals surface area contributed by atoms with Crippen LogP contribution in [0.1, 0.15) is 17.0 Å². The van der Waals surface area contributed by atoms with E-state index >= 15 is 0 Å². The van der Waals surface area contributed by atoms with Gasteiger partial charge in [0, 0.05) is 116 Å². The summed E-state index contributed by atoms with van der Waals surface area (Å²) in [6, 6.07) is 8.77. The third-order valence-electron chi connectivity index (χ3n) is 1.56. The summed E-state index contributed by atoms with van der Waals surface area (Å²) in [4.78, 5) is 20.5. The van der Waals surface area contributed by atoms with E-state index in [2.05, 4.69) is 12.1 Å². The van der Waals surface area contributed by atoms with Gasteiger partial charge in [-0.1, -0.05) is 0 Å². The SMILES string of the molecule is Cc1c[c-]c[c-]c1C([C-]=O)[C-]=O.[U].[U].[W].[Y]. The zero-order valence-corrected chi connectivity index (χ0v) is 22.6. The topological polar surface area (TPSA) is 34.1 Å². The van der Waals surface area contributed by atoms with Crippen molar-refractivity contribution in [2.24, 2.45) is 0 Å². The molecule has 0 unspecified atom stereocenters. The predicted octanol–water partition coefficient (Wildman–Crippen LogP) is 0.893. The molecule has 0 aromatic heterocycles. The Balaban J connectivity index is -0.000000180. The second kappa shape index (κ2) is 15.5. The van der Waals surface area contributed by atoms with Gasteiger partial charge in [0.25, 0.3) is 0 Å². The molecule has 1 radical (unpaired) electrons. The van der Waals surface area contributed by atoms with Crippen LogP contribution in [0.15, 0.2) is 12.1 Å². The number of benzene rings is 1. The van der Waals surface area contributed by atoms with Crippen LogP contribution in [0.25, 0.3) is 0 Å². The van der Waals surface area contributed by atoms with E-state index in [1.807, 2.05) is 0 Å². The number of carbonyl (C=O) groups excluding carboxylic acids is 2.